The lowest BCUT2D eigenvalue weighted by Crippen LogP contribution is -2.45. The van der Waals surface area contributed by atoms with Gasteiger partial charge in [-0.2, -0.15) is 0 Å². The summed E-state index contributed by atoms with van der Waals surface area (Å²) in [4.78, 5) is 28.7. The Bertz CT molecular complexity index is 450. The molecule has 0 unspecified atom stereocenters. The summed E-state index contributed by atoms with van der Waals surface area (Å²) in [6.45, 7) is 2.07. The third kappa shape index (κ3) is 4.41. The summed E-state index contributed by atoms with van der Waals surface area (Å²) in [5, 5.41) is 6.03. The average Bonchev–Trinajstić information content (AvgIpc) is 2.80. The maximum absolute atomic E-state index is 12.4. The van der Waals surface area contributed by atoms with Crippen LogP contribution in [0.15, 0.2) is 0 Å². The monoisotopic (exact) mass is 336 g/mol. The number of carbonyl (C=O) groups excluding carboxylic acids is 2. The predicted octanol–water partition coefficient (Wildman–Crippen LogP) is 1.70. The zero-order valence-electron chi connectivity index (χ0n) is 14.9. The van der Waals surface area contributed by atoms with Gasteiger partial charge in [0.05, 0.1) is 0 Å². The number of fused-ring (bicyclic) bond motifs is 2. The number of rotatable bonds is 4. The van der Waals surface area contributed by atoms with E-state index >= 15 is 0 Å². The van der Waals surface area contributed by atoms with Gasteiger partial charge in [-0.15, -0.1) is 0 Å². The first-order valence-corrected chi connectivity index (χ1v) is 9.67. The van der Waals surface area contributed by atoms with Gasteiger partial charge in [0.1, 0.15) is 0 Å². The van der Waals surface area contributed by atoms with Crippen LogP contribution in [0.3, 0.4) is 0 Å². The number of nitrogens with one attached hydrogen (secondary N) is 2. The second-order valence-corrected chi connectivity index (χ2v) is 7.67. The van der Waals surface area contributed by atoms with Gasteiger partial charge < -0.3 is 15.5 Å². The van der Waals surface area contributed by atoms with E-state index in [1.165, 1.54) is 32.1 Å². The number of amides is 3. The van der Waals surface area contributed by atoms with Gasteiger partial charge in [-0.25, -0.2) is 4.79 Å². The molecule has 2 heterocycles. The van der Waals surface area contributed by atoms with Crippen molar-refractivity contribution in [3.63, 3.8) is 0 Å². The van der Waals surface area contributed by atoms with Crippen LogP contribution in [0.5, 0.6) is 0 Å². The van der Waals surface area contributed by atoms with Gasteiger partial charge in [0, 0.05) is 44.2 Å². The second-order valence-electron chi connectivity index (χ2n) is 7.67. The van der Waals surface area contributed by atoms with E-state index in [0.29, 0.717) is 31.1 Å². The van der Waals surface area contributed by atoms with Crippen molar-refractivity contribution in [3.05, 3.63) is 0 Å². The molecule has 1 saturated carbocycles. The summed E-state index contributed by atoms with van der Waals surface area (Å²) in [6.07, 6.45) is 9.80. The number of hydrogen-bond acceptors (Lipinski definition) is 3. The van der Waals surface area contributed by atoms with Gasteiger partial charge >= 0.3 is 6.03 Å². The fourth-order valence-corrected chi connectivity index (χ4v) is 4.43. The van der Waals surface area contributed by atoms with Gasteiger partial charge in [0.25, 0.3) is 0 Å². The molecule has 6 nitrogen and oxygen atoms in total. The van der Waals surface area contributed by atoms with E-state index in [-0.39, 0.29) is 11.9 Å². The van der Waals surface area contributed by atoms with Crippen molar-refractivity contribution in [2.45, 2.75) is 75.9 Å². The van der Waals surface area contributed by atoms with Crippen molar-refractivity contribution < 1.29 is 9.59 Å². The first-order chi connectivity index (χ1) is 11.6. The Morgan fingerprint density at radius 3 is 2.54 bits per heavy atom. The molecule has 3 rings (SSSR count). The summed E-state index contributed by atoms with van der Waals surface area (Å²) >= 11 is 0. The van der Waals surface area contributed by atoms with E-state index in [0.717, 1.165) is 32.4 Å². The molecule has 3 amide bonds. The molecule has 6 heteroatoms. The highest BCUT2D eigenvalue weighted by atomic mass is 16.2. The lowest BCUT2D eigenvalue weighted by molar-refractivity contribution is -0.121. The summed E-state index contributed by atoms with van der Waals surface area (Å²) in [5.41, 5.74) is 0. The van der Waals surface area contributed by atoms with Crippen LogP contribution in [0.4, 0.5) is 4.79 Å². The molecule has 2 saturated heterocycles. The molecule has 0 spiro atoms. The van der Waals surface area contributed by atoms with Crippen molar-refractivity contribution in [3.8, 4) is 0 Å². The van der Waals surface area contributed by atoms with Crippen molar-refractivity contribution in [2.24, 2.45) is 0 Å². The normalized spacial score (nSPS) is 28.5. The van der Waals surface area contributed by atoms with Gasteiger partial charge in [-0.05, 0) is 39.2 Å². The predicted molar refractivity (Wildman–Crippen MR) is 93.8 cm³/mol. The Morgan fingerprint density at radius 2 is 1.75 bits per heavy atom. The molecule has 0 aromatic heterocycles. The Labute approximate surface area is 145 Å². The van der Waals surface area contributed by atoms with Gasteiger partial charge in [-0.3, -0.25) is 9.69 Å². The van der Waals surface area contributed by atoms with Crippen molar-refractivity contribution >= 4 is 11.9 Å². The molecule has 2 atom stereocenters. The summed E-state index contributed by atoms with van der Waals surface area (Å²) in [5.74, 6) is 0.0665. The molecule has 1 aliphatic carbocycles. The van der Waals surface area contributed by atoms with Gasteiger partial charge in [-0.1, -0.05) is 19.3 Å². The van der Waals surface area contributed by atoms with Crippen LogP contribution in [-0.4, -0.2) is 66.5 Å². The van der Waals surface area contributed by atoms with Crippen LogP contribution >= 0.6 is 0 Å². The first-order valence-electron chi connectivity index (χ1n) is 9.67. The van der Waals surface area contributed by atoms with Gasteiger partial charge in [0.2, 0.25) is 5.91 Å². The van der Waals surface area contributed by atoms with Crippen LogP contribution in [0.2, 0.25) is 0 Å². The fourth-order valence-electron chi connectivity index (χ4n) is 4.43. The van der Waals surface area contributed by atoms with Gasteiger partial charge in [0.15, 0.2) is 0 Å². The highest BCUT2D eigenvalue weighted by Gasteiger charge is 2.35. The highest BCUT2D eigenvalue weighted by Crippen LogP contribution is 2.28. The molecule has 0 radical (unpaired) electrons. The summed E-state index contributed by atoms with van der Waals surface area (Å²) in [7, 11) is 2.18. The molecule has 3 fully saturated rings. The lowest BCUT2D eigenvalue weighted by Gasteiger charge is -2.26. The molecule has 2 N–H and O–H groups in total. The maximum Gasteiger partial charge on any atom is 0.317 e. The molecule has 0 aromatic carbocycles. The number of urea groups is 1. The maximum atomic E-state index is 12.4. The molecule has 2 bridgehead atoms. The molecule has 3 aliphatic rings. The minimum Gasteiger partial charge on any atom is -0.353 e. The molecule has 136 valence electrons. The Kier molecular flexibility index (Phi) is 5.98. The number of carbonyl (C=O) groups is 2. The van der Waals surface area contributed by atoms with E-state index in [9.17, 15) is 9.59 Å². The Hall–Kier alpha value is -1.30. The second kappa shape index (κ2) is 8.19. The first kappa shape index (κ1) is 17.5. The fraction of sp³-hybridized carbons (Fsp3) is 0.889. The molecular formula is C18H32N4O2. The smallest absolute Gasteiger partial charge is 0.317 e. The van der Waals surface area contributed by atoms with E-state index in [1.807, 2.05) is 4.90 Å². The minimum atomic E-state index is -0.0126. The minimum absolute atomic E-state index is 0.0126. The number of nitrogens with zero attached hydrogens (tertiary/aromatic N) is 2. The van der Waals surface area contributed by atoms with Crippen molar-refractivity contribution in [2.75, 3.05) is 26.7 Å². The average molecular weight is 336 g/mol. The van der Waals surface area contributed by atoms with E-state index < -0.39 is 0 Å². The van der Waals surface area contributed by atoms with Crippen LogP contribution in [-0.2, 0) is 4.79 Å². The SMILES string of the molecule is CN1[C@H]2CC[C@H]1CN(C(=O)NCCC(=O)NC1CCCCC1)CC2. The molecule has 2 aliphatic heterocycles. The summed E-state index contributed by atoms with van der Waals surface area (Å²) < 4.78 is 0. The summed E-state index contributed by atoms with van der Waals surface area (Å²) in [6, 6.07) is 1.46. The third-order valence-corrected chi connectivity index (χ3v) is 6.03. The number of likely N-dealkylation sites (N-methyl/N-ethyl adjacent to an activating group) is 1. The van der Waals surface area contributed by atoms with E-state index in [2.05, 4.69) is 22.6 Å². The van der Waals surface area contributed by atoms with Crippen LogP contribution in [0.25, 0.3) is 0 Å². The molecule has 0 aromatic rings. The van der Waals surface area contributed by atoms with Crippen molar-refractivity contribution in [1.29, 1.82) is 0 Å². The highest BCUT2D eigenvalue weighted by molar-refractivity contribution is 5.78. The third-order valence-electron chi connectivity index (χ3n) is 6.03. The zero-order valence-corrected chi connectivity index (χ0v) is 14.9. The topological polar surface area (TPSA) is 64.7 Å². The molecule has 24 heavy (non-hydrogen) atoms. The van der Waals surface area contributed by atoms with E-state index in [4.69, 9.17) is 0 Å². The Morgan fingerprint density at radius 1 is 1.00 bits per heavy atom. The lowest BCUT2D eigenvalue weighted by atomic mass is 9.95. The van der Waals surface area contributed by atoms with Crippen LogP contribution in [0, 0.1) is 0 Å². The number of likely N-dealkylation sites (tertiary alicyclic amines) is 1. The largest absolute Gasteiger partial charge is 0.353 e. The number of hydrogen-bond donors (Lipinski definition) is 2. The Balaban J connectivity index is 1.35. The van der Waals surface area contributed by atoms with Crippen LogP contribution < -0.4 is 10.6 Å². The zero-order chi connectivity index (χ0) is 16.9. The molecular weight excluding hydrogens is 304 g/mol. The van der Waals surface area contributed by atoms with Crippen molar-refractivity contribution in [1.82, 2.24) is 20.4 Å². The standard InChI is InChI=1S/C18H32N4O2/c1-21-15-7-8-16(21)13-22(12-10-15)18(24)19-11-9-17(23)20-14-5-3-2-4-6-14/h14-16H,2-13H2,1H3,(H,19,24)(H,20,23)/t15-,16-/m0/s1. The van der Waals surface area contributed by atoms with Crippen LogP contribution in [0.1, 0.15) is 57.8 Å². The quantitative estimate of drug-likeness (QED) is 0.821. The van der Waals surface area contributed by atoms with E-state index in [1.54, 1.807) is 0 Å².